The maximum absolute atomic E-state index is 11.1. The molecule has 2 rings (SSSR count). The van der Waals surface area contributed by atoms with Gasteiger partial charge in [-0.3, -0.25) is 10.3 Å². The monoisotopic (exact) mass is 220 g/mol. The first-order valence-electron chi connectivity index (χ1n) is 4.77. The van der Waals surface area contributed by atoms with Crippen molar-refractivity contribution in [3.63, 3.8) is 0 Å². The third-order valence-electron chi connectivity index (χ3n) is 2.59. The summed E-state index contributed by atoms with van der Waals surface area (Å²) < 4.78 is 1.20. The number of carboxylic acid groups (broad SMARTS) is 1. The molecule has 5 nitrogen and oxygen atoms in total. The van der Waals surface area contributed by atoms with E-state index in [0.29, 0.717) is 5.52 Å². The number of nitrogens with two attached hydrogens (primary N) is 1. The number of aliphatic carboxylic acids is 1. The molecule has 0 aliphatic heterocycles. The van der Waals surface area contributed by atoms with Crippen LogP contribution in [-0.2, 0) is 10.5 Å². The van der Waals surface area contributed by atoms with E-state index < -0.39 is 11.6 Å². The van der Waals surface area contributed by atoms with Crippen LogP contribution in [0.5, 0.6) is 5.88 Å². The van der Waals surface area contributed by atoms with E-state index in [9.17, 15) is 9.90 Å². The second-order valence-corrected chi connectivity index (χ2v) is 3.85. The molecule has 1 aromatic heterocycles. The molecule has 4 N–H and O–H groups in total. The molecular formula is C11H12N2O3. The summed E-state index contributed by atoms with van der Waals surface area (Å²) in [5.74, 6) is -1.36. The van der Waals surface area contributed by atoms with E-state index in [4.69, 9.17) is 10.8 Å². The molecule has 0 fully saturated rings. The van der Waals surface area contributed by atoms with Crippen molar-refractivity contribution in [2.45, 2.75) is 12.6 Å². The van der Waals surface area contributed by atoms with Gasteiger partial charge in [-0.2, -0.15) is 0 Å². The van der Waals surface area contributed by atoms with Crippen molar-refractivity contribution in [3.05, 3.63) is 30.3 Å². The average Bonchev–Trinajstić information content (AvgIpc) is 2.53. The van der Waals surface area contributed by atoms with E-state index in [0.717, 1.165) is 5.39 Å². The maximum Gasteiger partial charge on any atom is 0.344 e. The molecule has 0 saturated heterocycles. The van der Waals surface area contributed by atoms with Crippen molar-refractivity contribution in [1.29, 1.82) is 0 Å². The SMILES string of the molecule is C[C@](N)(C(=O)O)n1c(O)cc2ccccc21. The normalized spacial score (nSPS) is 14.9. The van der Waals surface area contributed by atoms with Gasteiger partial charge < -0.3 is 10.2 Å². The minimum Gasteiger partial charge on any atom is -0.494 e. The minimum absolute atomic E-state index is 0.159. The van der Waals surface area contributed by atoms with E-state index in [-0.39, 0.29) is 5.88 Å². The number of nitrogens with zero attached hydrogens (tertiary/aromatic N) is 1. The van der Waals surface area contributed by atoms with Crippen LogP contribution in [0.3, 0.4) is 0 Å². The van der Waals surface area contributed by atoms with Gasteiger partial charge in [-0.1, -0.05) is 18.2 Å². The third kappa shape index (κ3) is 1.33. The van der Waals surface area contributed by atoms with Gasteiger partial charge in [-0.15, -0.1) is 0 Å². The Morgan fingerprint density at radius 1 is 1.44 bits per heavy atom. The van der Waals surface area contributed by atoms with Crippen LogP contribution in [0.25, 0.3) is 10.9 Å². The number of rotatable bonds is 2. The summed E-state index contributed by atoms with van der Waals surface area (Å²) in [6, 6.07) is 8.55. The summed E-state index contributed by atoms with van der Waals surface area (Å²) in [5, 5.41) is 19.5. The lowest BCUT2D eigenvalue weighted by Gasteiger charge is -2.23. The van der Waals surface area contributed by atoms with Crippen LogP contribution in [0.2, 0.25) is 0 Å². The summed E-state index contributed by atoms with van der Waals surface area (Å²) in [6.45, 7) is 1.33. The molecule has 0 aliphatic rings. The first-order chi connectivity index (χ1) is 7.44. The highest BCUT2D eigenvalue weighted by Gasteiger charge is 2.33. The molecule has 0 saturated carbocycles. The Balaban J connectivity index is 2.78. The zero-order valence-electron chi connectivity index (χ0n) is 8.71. The minimum atomic E-state index is -1.67. The molecule has 1 aromatic carbocycles. The van der Waals surface area contributed by atoms with Crippen molar-refractivity contribution in [2.75, 3.05) is 0 Å². The lowest BCUT2D eigenvalue weighted by atomic mass is 10.2. The molecule has 2 aromatic rings. The second-order valence-electron chi connectivity index (χ2n) is 3.85. The lowest BCUT2D eigenvalue weighted by molar-refractivity contribution is -0.146. The van der Waals surface area contributed by atoms with Gasteiger partial charge in [-0.25, -0.2) is 4.79 Å². The fraction of sp³-hybridized carbons (Fsp3) is 0.182. The molecular weight excluding hydrogens is 208 g/mol. The summed E-state index contributed by atoms with van der Waals surface area (Å²) in [7, 11) is 0. The number of benzene rings is 1. The summed E-state index contributed by atoms with van der Waals surface area (Å²) in [5.41, 5.74) is 4.61. The largest absolute Gasteiger partial charge is 0.494 e. The highest BCUT2D eigenvalue weighted by atomic mass is 16.4. The Morgan fingerprint density at radius 2 is 2.06 bits per heavy atom. The van der Waals surface area contributed by atoms with Gasteiger partial charge in [-0.05, 0) is 13.0 Å². The zero-order chi connectivity index (χ0) is 11.9. The quantitative estimate of drug-likeness (QED) is 0.706. The summed E-state index contributed by atoms with van der Waals surface area (Å²) >= 11 is 0. The number of fused-ring (bicyclic) bond motifs is 1. The van der Waals surface area contributed by atoms with Crippen LogP contribution in [0.4, 0.5) is 0 Å². The number of aromatic nitrogens is 1. The molecule has 0 amide bonds. The number of carboxylic acids is 1. The Labute approximate surface area is 91.7 Å². The number of hydrogen-bond donors (Lipinski definition) is 3. The van der Waals surface area contributed by atoms with E-state index >= 15 is 0 Å². The molecule has 1 atom stereocenters. The Morgan fingerprint density at radius 3 is 2.69 bits per heavy atom. The van der Waals surface area contributed by atoms with Crippen molar-refractivity contribution in [1.82, 2.24) is 4.57 Å². The van der Waals surface area contributed by atoms with Gasteiger partial charge in [0.05, 0.1) is 5.52 Å². The second kappa shape index (κ2) is 3.24. The predicted octanol–water partition coefficient (Wildman–Crippen LogP) is 1.06. The van der Waals surface area contributed by atoms with Crippen LogP contribution in [0.15, 0.2) is 30.3 Å². The molecule has 0 unspecified atom stereocenters. The lowest BCUT2D eigenvalue weighted by Crippen LogP contribution is -2.47. The number of carbonyl (C=O) groups is 1. The van der Waals surface area contributed by atoms with E-state index in [2.05, 4.69) is 0 Å². The molecule has 5 heteroatoms. The van der Waals surface area contributed by atoms with E-state index in [1.165, 1.54) is 17.6 Å². The predicted molar refractivity (Wildman–Crippen MR) is 59.1 cm³/mol. The van der Waals surface area contributed by atoms with Crippen LogP contribution >= 0.6 is 0 Å². The maximum atomic E-state index is 11.1. The van der Waals surface area contributed by atoms with E-state index in [1.54, 1.807) is 24.3 Å². The zero-order valence-corrected chi connectivity index (χ0v) is 8.71. The van der Waals surface area contributed by atoms with Crippen molar-refractivity contribution in [2.24, 2.45) is 5.73 Å². The standard InChI is InChI=1S/C11H12N2O3/c1-11(12,10(15)16)13-8-5-3-2-4-7(8)6-9(13)14/h2-6,14H,12H2,1H3,(H,15,16)/t11-/m1/s1. The molecule has 0 radical (unpaired) electrons. The third-order valence-corrected chi connectivity index (χ3v) is 2.59. The molecule has 0 bridgehead atoms. The topological polar surface area (TPSA) is 88.5 Å². The molecule has 16 heavy (non-hydrogen) atoms. The van der Waals surface area contributed by atoms with E-state index in [1.807, 2.05) is 0 Å². The summed E-state index contributed by atoms with van der Waals surface area (Å²) in [6.07, 6.45) is 0. The highest BCUT2D eigenvalue weighted by molar-refractivity contribution is 5.86. The first-order valence-corrected chi connectivity index (χ1v) is 4.77. The first kappa shape index (κ1) is 10.5. The van der Waals surface area contributed by atoms with Crippen LogP contribution in [0, 0.1) is 0 Å². The number of para-hydroxylation sites is 1. The number of hydrogen-bond acceptors (Lipinski definition) is 3. The van der Waals surface area contributed by atoms with Gasteiger partial charge in [0.2, 0.25) is 0 Å². The Hall–Kier alpha value is -2.01. The fourth-order valence-electron chi connectivity index (χ4n) is 1.72. The molecule has 0 spiro atoms. The van der Waals surface area contributed by atoms with Gasteiger partial charge in [0, 0.05) is 11.5 Å². The van der Waals surface area contributed by atoms with Crippen LogP contribution < -0.4 is 5.73 Å². The average molecular weight is 220 g/mol. The van der Waals surface area contributed by atoms with Gasteiger partial charge >= 0.3 is 5.97 Å². The van der Waals surface area contributed by atoms with Gasteiger partial charge in [0.1, 0.15) is 0 Å². The smallest absolute Gasteiger partial charge is 0.344 e. The van der Waals surface area contributed by atoms with Crippen molar-refractivity contribution in [3.8, 4) is 5.88 Å². The molecule has 84 valence electrons. The molecule has 1 heterocycles. The Bertz CT molecular complexity index is 557. The van der Waals surface area contributed by atoms with Crippen LogP contribution in [0.1, 0.15) is 6.92 Å². The van der Waals surface area contributed by atoms with Gasteiger partial charge in [0.15, 0.2) is 11.5 Å². The molecule has 0 aliphatic carbocycles. The number of aromatic hydroxyl groups is 1. The van der Waals surface area contributed by atoms with Crippen LogP contribution in [-0.4, -0.2) is 20.7 Å². The fourth-order valence-corrected chi connectivity index (χ4v) is 1.72. The van der Waals surface area contributed by atoms with Gasteiger partial charge in [0.25, 0.3) is 0 Å². The van der Waals surface area contributed by atoms with Crippen molar-refractivity contribution >= 4 is 16.9 Å². The Kier molecular flexibility index (Phi) is 2.13. The summed E-state index contributed by atoms with van der Waals surface area (Å²) in [4.78, 5) is 11.1. The van der Waals surface area contributed by atoms with Crippen molar-refractivity contribution < 1.29 is 15.0 Å². The highest BCUT2D eigenvalue weighted by Crippen LogP contribution is 2.29.